The molecule has 0 aliphatic carbocycles. The zero-order valence-electron chi connectivity index (χ0n) is 29.5. The molecule has 1 aromatic heterocycles. The molecule has 1 heterocycles. The van der Waals surface area contributed by atoms with Crippen LogP contribution >= 0.6 is 23.6 Å². The third-order valence-electron chi connectivity index (χ3n) is 7.62. The van der Waals surface area contributed by atoms with Crippen LogP contribution in [0.3, 0.4) is 0 Å². The van der Waals surface area contributed by atoms with Crippen LogP contribution in [0.2, 0.25) is 5.28 Å². The summed E-state index contributed by atoms with van der Waals surface area (Å²) in [6.45, 7) is 2.36. The molecule has 0 bridgehead atoms. The van der Waals surface area contributed by atoms with E-state index in [9.17, 15) is 44.0 Å². The number of phenolic OH excluding ortho intramolecular Hbond substituents is 1. The zero-order chi connectivity index (χ0) is 42.6. The van der Waals surface area contributed by atoms with Crippen molar-refractivity contribution in [2.24, 2.45) is 10.2 Å². The number of anilines is 3. The predicted octanol–water partition coefficient (Wildman–Crippen LogP) is 6.16. The summed E-state index contributed by atoms with van der Waals surface area (Å²) in [5.41, 5.74) is 6.31. The van der Waals surface area contributed by atoms with E-state index in [1.54, 1.807) is 0 Å². The molecule has 306 valence electrons. The number of hydrogen-bond donors (Lipinski definition) is 8. The summed E-state index contributed by atoms with van der Waals surface area (Å²) in [6, 6.07) is 16.2. The standard InChI is InChI=1S/C24H17ClN6O13S4.C8H12N2/c1-10-26-23(25)29-24(27-10)28-16-9-12(46(34,35)36)7-11-8-17(45-44-43-33)20(21(32)19(11)16)31-30-15-6-5-13-14(22(15)48(40,41)42)3-2-4-18(13)47(37,38)39;1-10-6-7-3-2-4-8(9)5-7/h2-9,32-33H,1H3,(H,34,35,36)(H,37,38,39)(H,40,41,42)(H,26,27,28,29);2-5,10H,6,9H2,1H3. The van der Waals surface area contributed by atoms with Crippen molar-refractivity contribution in [3.63, 3.8) is 0 Å². The molecule has 6 rings (SSSR count). The average molecular weight is 897 g/mol. The minimum atomic E-state index is -5.16. The highest BCUT2D eigenvalue weighted by Crippen LogP contribution is 2.48. The van der Waals surface area contributed by atoms with Gasteiger partial charge in [-0.05, 0) is 79.0 Å². The number of aryl methyl sites for hydroxylation is 1. The maximum atomic E-state index is 12.5. The van der Waals surface area contributed by atoms with Crippen LogP contribution in [0.25, 0.3) is 21.5 Å². The molecule has 21 nitrogen and oxygen atoms in total. The van der Waals surface area contributed by atoms with Gasteiger partial charge in [-0.1, -0.05) is 35.4 Å². The smallest absolute Gasteiger partial charge is 0.297 e. The number of nitrogens with one attached hydrogen (secondary N) is 2. The Morgan fingerprint density at radius 3 is 2.21 bits per heavy atom. The zero-order valence-corrected chi connectivity index (χ0v) is 33.5. The topological polar surface area (TPSA) is 336 Å². The molecule has 58 heavy (non-hydrogen) atoms. The second-order valence-corrected chi connectivity index (χ2v) is 16.9. The second kappa shape index (κ2) is 17.8. The second-order valence-electron chi connectivity index (χ2n) is 11.6. The number of phenols is 1. The van der Waals surface area contributed by atoms with E-state index in [0.29, 0.717) is 0 Å². The molecule has 9 N–H and O–H groups in total. The number of halogens is 1. The van der Waals surface area contributed by atoms with E-state index in [1.807, 2.05) is 31.3 Å². The van der Waals surface area contributed by atoms with Crippen molar-refractivity contribution in [3.05, 3.63) is 89.5 Å². The van der Waals surface area contributed by atoms with Crippen LogP contribution in [0, 0.1) is 6.92 Å². The Bertz CT molecular complexity index is 2900. The number of nitrogens with zero attached hydrogens (tertiary/aromatic N) is 5. The van der Waals surface area contributed by atoms with Gasteiger partial charge in [-0.3, -0.25) is 13.7 Å². The molecular formula is C32H29ClN8O13S4. The number of rotatable bonds is 12. The van der Waals surface area contributed by atoms with Crippen molar-refractivity contribution in [2.45, 2.75) is 33.1 Å². The van der Waals surface area contributed by atoms with Crippen molar-refractivity contribution < 1.29 is 58.6 Å². The van der Waals surface area contributed by atoms with Crippen LogP contribution in [0.15, 0.2) is 103 Å². The van der Waals surface area contributed by atoms with Crippen molar-refractivity contribution in [1.82, 2.24) is 20.3 Å². The lowest BCUT2D eigenvalue weighted by Gasteiger charge is -2.15. The largest absolute Gasteiger partial charge is 0.505 e. The summed E-state index contributed by atoms with van der Waals surface area (Å²) in [4.78, 5) is 9.27. The highest BCUT2D eigenvalue weighted by Gasteiger charge is 2.25. The first-order valence-electron chi connectivity index (χ1n) is 15.7. The van der Waals surface area contributed by atoms with Crippen LogP contribution in [-0.4, -0.2) is 71.3 Å². The molecule has 0 atom stereocenters. The fraction of sp³-hybridized carbons (Fsp3) is 0.0938. The minimum Gasteiger partial charge on any atom is -0.505 e. The fourth-order valence-corrected chi connectivity index (χ4v) is 8.20. The van der Waals surface area contributed by atoms with E-state index in [-0.39, 0.29) is 61.2 Å². The van der Waals surface area contributed by atoms with E-state index in [2.05, 4.69) is 45.2 Å². The van der Waals surface area contributed by atoms with Crippen molar-refractivity contribution in [3.8, 4) is 5.75 Å². The Labute approximate surface area is 338 Å². The van der Waals surface area contributed by atoms with Gasteiger partial charge in [0.2, 0.25) is 11.2 Å². The van der Waals surface area contributed by atoms with Crippen LogP contribution in [-0.2, 0) is 46.3 Å². The number of aromatic nitrogens is 3. The lowest BCUT2D eigenvalue weighted by atomic mass is 10.1. The molecular weight excluding hydrogens is 868 g/mol. The summed E-state index contributed by atoms with van der Waals surface area (Å²) in [5.74, 6) is -0.831. The van der Waals surface area contributed by atoms with E-state index in [0.717, 1.165) is 60.8 Å². The van der Waals surface area contributed by atoms with Gasteiger partial charge in [0.25, 0.3) is 30.4 Å². The third-order valence-corrected chi connectivity index (χ3v) is 11.1. The molecule has 0 radical (unpaired) electrons. The fourth-order valence-electron chi connectivity index (χ4n) is 5.42. The first-order chi connectivity index (χ1) is 27.2. The maximum Gasteiger partial charge on any atom is 0.297 e. The lowest BCUT2D eigenvalue weighted by molar-refractivity contribution is -0.432. The van der Waals surface area contributed by atoms with Gasteiger partial charge in [0.1, 0.15) is 27.0 Å². The van der Waals surface area contributed by atoms with E-state index in [4.69, 9.17) is 22.6 Å². The molecule has 5 aromatic carbocycles. The minimum absolute atomic E-state index is 0.0907. The van der Waals surface area contributed by atoms with Crippen LogP contribution in [0.4, 0.5) is 28.7 Å². The van der Waals surface area contributed by atoms with E-state index >= 15 is 0 Å². The van der Waals surface area contributed by atoms with Gasteiger partial charge in [-0.25, -0.2) is 10.2 Å². The van der Waals surface area contributed by atoms with Crippen molar-refractivity contribution in [1.29, 1.82) is 0 Å². The molecule has 6 aromatic rings. The Morgan fingerprint density at radius 1 is 0.862 bits per heavy atom. The average Bonchev–Trinajstić information content (AvgIpc) is 3.11. The SMILES string of the molecule is CNCc1cccc(N)c1.Cc1nc(Cl)nc(Nc2cc(S(=O)(=O)O)cc3cc(SOOO)c(N=Nc4ccc5c(S(=O)(=O)O)cccc5c4S(=O)(=O)O)c(O)c23)n1. The van der Waals surface area contributed by atoms with Gasteiger partial charge in [0.15, 0.2) is 5.75 Å². The van der Waals surface area contributed by atoms with Crippen LogP contribution in [0.1, 0.15) is 11.4 Å². The number of hydrogen-bond acceptors (Lipinski definition) is 19. The van der Waals surface area contributed by atoms with Crippen molar-refractivity contribution >= 4 is 104 Å². The lowest BCUT2D eigenvalue weighted by Crippen LogP contribution is -2.04. The van der Waals surface area contributed by atoms with Crippen molar-refractivity contribution in [2.75, 3.05) is 18.1 Å². The molecule has 0 saturated heterocycles. The summed E-state index contributed by atoms with van der Waals surface area (Å²) >= 11 is 6.13. The number of nitrogen functional groups attached to an aromatic ring is 1. The summed E-state index contributed by atoms with van der Waals surface area (Å²) in [6.07, 6.45) is 0. The molecule has 0 saturated carbocycles. The normalized spacial score (nSPS) is 12.2. The summed E-state index contributed by atoms with van der Waals surface area (Å²) < 4.78 is 107. The monoisotopic (exact) mass is 896 g/mol. The molecule has 26 heteroatoms. The highest BCUT2D eigenvalue weighted by atomic mass is 35.5. The number of azo groups is 1. The van der Waals surface area contributed by atoms with Crippen LogP contribution in [0.5, 0.6) is 5.75 Å². The van der Waals surface area contributed by atoms with E-state index < -0.39 is 62.2 Å². The Balaban J connectivity index is 0.000000559. The first kappa shape index (κ1) is 44.0. The Kier molecular flexibility index (Phi) is 13.5. The Hall–Kier alpha value is -5.16. The molecule has 0 spiro atoms. The van der Waals surface area contributed by atoms with Crippen LogP contribution < -0.4 is 16.4 Å². The Morgan fingerprint density at radius 2 is 1.59 bits per heavy atom. The number of fused-ring (bicyclic) bond motifs is 2. The van der Waals surface area contributed by atoms with Gasteiger partial charge in [0.05, 0.1) is 27.5 Å². The molecule has 0 fully saturated rings. The summed E-state index contributed by atoms with van der Waals surface area (Å²) in [5, 5.41) is 36.2. The maximum absolute atomic E-state index is 12.5. The third kappa shape index (κ3) is 10.5. The predicted molar refractivity (Wildman–Crippen MR) is 210 cm³/mol. The van der Waals surface area contributed by atoms with Gasteiger partial charge in [0, 0.05) is 28.4 Å². The first-order valence-corrected chi connectivity index (χ1v) is 21.2. The number of aromatic hydroxyl groups is 1. The summed E-state index contributed by atoms with van der Waals surface area (Å²) in [7, 11) is -12.9. The van der Waals surface area contributed by atoms with Gasteiger partial charge < -0.3 is 21.5 Å². The molecule has 0 aliphatic heterocycles. The van der Waals surface area contributed by atoms with Gasteiger partial charge in [-0.15, -0.1) is 14.6 Å². The molecule has 0 amide bonds. The van der Waals surface area contributed by atoms with Gasteiger partial charge in [-0.2, -0.15) is 35.2 Å². The number of benzene rings is 5. The number of nitrogens with two attached hydrogens (primary N) is 1. The van der Waals surface area contributed by atoms with E-state index in [1.165, 1.54) is 12.5 Å². The highest BCUT2D eigenvalue weighted by molar-refractivity contribution is 7.94. The van der Waals surface area contributed by atoms with Gasteiger partial charge >= 0.3 is 0 Å². The molecule has 0 unspecified atom stereocenters. The quantitative estimate of drug-likeness (QED) is 0.0170. The molecule has 0 aliphatic rings.